The van der Waals surface area contributed by atoms with Crippen molar-refractivity contribution in [2.75, 3.05) is 11.7 Å². The summed E-state index contributed by atoms with van der Waals surface area (Å²) in [7, 11) is 0. The number of hydrogen-bond donors (Lipinski definition) is 2. The van der Waals surface area contributed by atoms with Crippen LogP contribution in [0.15, 0.2) is 12.4 Å². The Morgan fingerprint density at radius 1 is 1.64 bits per heavy atom. The molecule has 1 heterocycles. The molecule has 1 rings (SSSR count). The summed E-state index contributed by atoms with van der Waals surface area (Å²) in [5.74, 6) is 10.9. The first-order valence-corrected chi connectivity index (χ1v) is 4.34. The second kappa shape index (κ2) is 5.85. The zero-order valence-electron chi connectivity index (χ0n) is 8.43. The van der Waals surface area contributed by atoms with Crippen LogP contribution in [-0.4, -0.2) is 10.6 Å². The maximum Gasteiger partial charge on any atom is 0.302 e. The summed E-state index contributed by atoms with van der Waals surface area (Å²) in [6.07, 6.45) is 4.40. The summed E-state index contributed by atoms with van der Waals surface area (Å²) in [6.45, 7) is 3.54. The maximum absolute atomic E-state index is 9.26. The Morgan fingerprint density at radius 2 is 2.14 bits per heavy atom. The molecule has 0 aliphatic carbocycles. The van der Waals surface area contributed by atoms with E-state index in [0.717, 1.165) is 12.2 Å². The lowest BCUT2D eigenvalue weighted by molar-refractivity contribution is -0.646. The van der Waals surface area contributed by atoms with Gasteiger partial charge in [0.15, 0.2) is 12.4 Å². The Bertz CT molecular complexity index is 276. The highest BCUT2D eigenvalue weighted by Gasteiger charge is 2.08. The van der Waals surface area contributed by atoms with Crippen molar-refractivity contribution in [1.82, 2.24) is 4.68 Å². The van der Waals surface area contributed by atoms with E-state index in [-0.39, 0.29) is 6.42 Å². The van der Waals surface area contributed by atoms with Gasteiger partial charge in [-0.3, -0.25) is 11.7 Å². The molecule has 80 valence electrons. The highest BCUT2D eigenvalue weighted by atomic mass is 16.4. The van der Waals surface area contributed by atoms with E-state index in [9.17, 15) is 9.90 Å². The maximum atomic E-state index is 9.26. The third-order valence-electron chi connectivity index (χ3n) is 1.59. The van der Waals surface area contributed by atoms with Crippen molar-refractivity contribution < 1.29 is 14.6 Å². The number of imidazole rings is 1. The van der Waals surface area contributed by atoms with Gasteiger partial charge in [0, 0.05) is 5.97 Å². The van der Waals surface area contributed by atoms with E-state index in [1.807, 2.05) is 6.92 Å². The van der Waals surface area contributed by atoms with Gasteiger partial charge in [0.25, 0.3) is 0 Å². The Balaban J connectivity index is 0.000000292. The van der Waals surface area contributed by atoms with E-state index in [0.29, 0.717) is 0 Å². The number of hydrogen-bond acceptors (Lipinski definition) is 4. The molecule has 6 nitrogen and oxygen atoms in total. The average molecular weight is 200 g/mol. The van der Waals surface area contributed by atoms with Crippen molar-refractivity contribution in [2.45, 2.75) is 26.7 Å². The fourth-order valence-corrected chi connectivity index (χ4v) is 0.814. The molecule has 0 fully saturated rings. The zero-order chi connectivity index (χ0) is 11.1. The smallest absolute Gasteiger partial charge is 0.302 e. The Kier molecular flexibility index (Phi) is 5.13. The number of carboxylic acid groups (broad SMARTS) is 1. The quantitative estimate of drug-likeness (QED) is 0.422. The SMILES string of the molecule is CCC(=O)[O-].CCc1n(N)cc[n+]1N. The predicted molar refractivity (Wildman–Crippen MR) is 49.6 cm³/mol. The molecule has 6 heteroatoms. The summed E-state index contributed by atoms with van der Waals surface area (Å²) in [6, 6.07) is 0. The Morgan fingerprint density at radius 3 is 2.29 bits per heavy atom. The van der Waals surface area contributed by atoms with Crippen molar-refractivity contribution in [3.05, 3.63) is 18.2 Å². The van der Waals surface area contributed by atoms with Crippen LogP contribution in [0, 0.1) is 0 Å². The van der Waals surface area contributed by atoms with Crippen LogP contribution in [-0.2, 0) is 11.2 Å². The fraction of sp³-hybridized carbons (Fsp3) is 0.500. The molecule has 1 aromatic heterocycles. The van der Waals surface area contributed by atoms with E-state index >= 15 is 0 Å². The molecule has 1 aromatic rings. The van der Waals surface area contributed by atoms with Crippen LogP contribution in [0.2, 0.25) is 0 Å². The Labute approximate surface area is 82.7 Å². The van der Waals surface area contributed by atoms with Crippen LogP contribution in [0.25, 0.3) is 0 Å². The molecule has 0 bridgehead atoms. The highest BCUT2D eigenvalue weighted by molar-refractivity contribution is 5.63. The number of nitrogen functional groups attached to an aromatic ring is 2. The molecule has 0 atom stereocenters. The van der Waals surface area contributed by atoms with Crippen LogP contribution < -0.4 is 21.5 Å². The van der Waals surface area contributed by atoms with Crippen LogP contribution >= 0.6 is 0 Å². The second-order valence-corrected chi connectivity index (χ2v) is 2.61. The van der Waals surface area contributed by atoms with E-state index in [1.54, 1.807) is 12.4 Å². The van der Waals surface area contributed by atoms with Gasteiger partial charge in [0.05, 0.1) is 6.42 Å². The topological polar surface area (TPSA) is 101 Å². The van der Waals surface area contributed by atoms with Gasteiger partial charge >= 0.3 is 5.82 Å². The summed E-state index contributed by atoms with van der Waals surface area (Å²) in [4.78, 5) is 9.26. The number of nitrogens with zero attached hydrogens (tertiary/aromatic N) is 2. The van der Waals surface area contributed by atoms with Crippen molar-refractivity contribution in [3.63, 3.8) is 0 Å². The number of carbonyl (C=O) groups excluding carboxylic acids is 1. The molecule has 0 amide bonds. The third-order valence-corrected chi connectivity index (χ3v) is 1.59. The third kappa shape index (κ3) is 3.79. The number of carbonyl (C=O) groups is 1. The molecule has 0 saturated carbocycles. The number of aromatic nitrogens is 2. The minimum Gasteiger partial charge on any atom is -0.550 e. The molecule has 4 N–H and O–H groups in total. The molecular weight excluding hydrogens is 184 g/mol. The van der Waals surface area contributed by atoms with Gasteiger partial charge in [-0.15, -0.1) is 9.35 Å². The van der Waals surface area contributed by atoms with Gasteiger partial charge < -0.3 is 9.90 Å². The largest absolute Gasteiger partial charge is 0.550 e. The minimum atomic E-state index is -0.995. The molecule has 0 aromatic carbocycles. The van der Waals surface area contributed by atoms with Gasteiger partial charge in [-0.2, -0.15) is 0 Å². The molecule has 0 aliphatic rings. The van der Waals surface area contributed by atoms with Crippen molar-refractivity contribution in [2.24, 2.45) is 0 Å². The lowest BCUT2D eigenvalue weighted by atomic mass is 10.5. The van der Waals surface area contributed by atoms with Gasteiger partial charge in [0.1, 0.15) is 0 Å². The van der Waals surface area contributed by atoms with E-state index in [1.165, 1.54) is 16.3 Å². The summed E-state index contributed by atoms with van der Waals surface area (Å²) < 4.78 is 3.03. The number of rotatable bonds is 2. The molecule has 0 radical (unpaired) electrons. The minimum absolute atomic E-state index is 0.111. The number of carboxylic acids is 1. The van der Waals surface area contributed by atoms with Crippen LogP contribution in [0.5, 0.6) is 0 Å². The molecule has 0 unspecified atom stereocenters. The Hall–Kier alpha value is -1.72. The first-order chi connectivity index (χ1) is 6.52. The van der Waals surface area contributed by atoms with Crippen molar-refractivity contribution in [1.29, 1.82) is 0 Å². The first-order valence-electron chi connectivity index (χ1n) is 4.34. The van der Waals surface area contributed by atoms with Crippen LogP contribution in [0.1, 0.15) is 26.1 Å². The lowest BCUT2D eigenvalue weighted by Crippen LogP contribution is -2.47. The fourth-order valence-electron chi connectivity index (χ4n) is 0.814. The van der Waals surface area contributed by atoms with E-state index in [2.05, 4.69) is 0 Å². The molecular formula is C8H16N4O2. The van der Waals surface area contributed by atoms with Crippen molar-refractivity contribution in [3.8, 4) is 0 Å². The monoisotopic (exact) mass is 200 g/mol. The van der Waals surface area contributed by atoms with Crippen LogP contribution in [0.3, 0.4) is 0 Å². The second-order valence-electron chi connectivity index (χ2n) is 2.61. The zero-order valence-corrected chi connectivity index (χ0v) is 8.43. The number of nitrogens with two attached hydrogens (primary N) is 2. The predicted octanol–water partition coefficient (Wildman–Crippen LogP) is -2.09. The van der Waals surface area contributed by atoms with E-state index < -0.39 is 5.97 Å². The van der Waals surface area contributed by atoms with Crippen LogP contribution in [0.4, 0.5) is 0 Å². The van der Waals surface area contributed by atoms with E-state index in [4.69, 9.17) is 11.7 Å². The first kappa shape index (κ1) is 12.3. The summed E-state index contributed by atoms with van der Waals surface area (Å²) in [5, 5.41) is 9.26. The molecule has 0 spiro atoms. The van der Waals surface area contributed by atoms with Crippen molar-refractivity contribution >= 4 is 5.97 Å². The standard InChI is InChI=1S/C5H11N4.C3H6O2/c1-2-5-8(6)3-4-9(5)7;1-2-3(4)5/h3-4H,2,6-7H2,1H3;2H2,1H3,(H,4,5)/q+1;/p-1. The lowest BCUT2D eigenvalue weighted by Gasteiger charge is -1.89. The molecule has 0 aliphatic heterocycles. The average Bonchev–Trinajstić information content (AvgIpc) is 2.47. The highest BCUT2D eigenvalue weighted by Crippen LogP contribution is 1.86. The van der Waals surface area contributed by atoms with Gasteiger partial charge in [0.2, 0.25) is 0 Å². The number of aliphatic carboxylic acids is 1. The van der Waals surface area contributed by atoms with Gasteiger partial charge in [-0.1, -0.05) is 13.8 Å². The van der Waals surface area contributed by atoms with Gasteiger partial charge in [-0.25, -0.2) is 0 Å². The molecule has 0 saturated heterocycles. The summed E-state index contributed by atoms with van der Waals surface area (Å²) >= 11 is 0. The normalized spacial score (nSPS) is 9.00. The summed E-state index contributed by atoms with van der Waals surface area (Å²) in [5.41, 5.74) is 0. The molecule has 14 heavy (non-hydrogen) atoms. The van der Waals surface area contributed by atoms with Gasteiger partial charge in [-0.05, 0) is 6.42 Å².